The number of nitrogens with one attached hydrogen (secondary N) is 2. The molecule has 2 aromatic carbocycles. The average molecular weight is 331 g/mol. The minimum absolute atomic E-state index is 0.0140. The number of halogens is 1. The molecule has 1 fully saturated rings. The molecule has 0 aliphatic heterocycles. The largest absolute Gasteiger partial charge is 0.497 e. The van der Waals surface area contributed by atoms with E-state index in [0.717, 1.165) is 24.2 Å². The maximum atomic E-state index is 12.3. The van der Waals surface area contributed by atoms with Gasteiger partial charge in [-0.25, -0.2) is 4.79 Å². The molecule has 2 amide bonds. The second kappa shape index (κ2) is 6.92. The zero-order valence-electron chi connectivity index (χ0n) is 12.9. The van der Waals surface area contributed by atoms with E-state index < -0.39 is 0 Å². The van der Waals surface area contributed by atoms with E-state index in [2.05, 4.69) is 10.6 Å². The van der Waals surface area contributed by atoms with Crippen LogP contribution in [-0.4, -0.2) is 13.1 Å². The van der Waals surface area contributed by atoms with Gasteiger partial charge < -0.3 is 15.4 Å². The van der Waals surface area contributed by atoms with E-state index in [1.54, 1.807) is 25.3 Å². The molecular formula is C18H19ClN2O2. The molecular weight excluding hydrogens is 312 g/mol. The molecule has 0 spiro atoms. The van der Waals surface area contributed by atoms with Crippen LogP contribution in [0.1, 0.15) is 24.4 Å². The first kappa shape index (κ1) is 15.7. The first-order valence-corrected chi connectivity index (χ1v) is 8.00. The fraction of sp³-hybridized carbons (Fsp3) is 0.278. The molecule has 2 N–H and O–H groups in total. The van der Waals surface area contributed by atoms with E-state index in [1.165, 1.54) is 0 Å². The van der Waals surface area contributed by atoms with Crippen LogP contribution in [0.4, 0.5) is 10.5 Å². The molecule has 23 heavy (non-hydrogen) atoms. The SMILES string of the molecule is COc1ccc(C(NC(=O)Nc2cccc(Cl)c2)C2CC2)cc1. The Bertz CT molecular complexity index is 684. The quantitative estimate of drug-likeness (QED) is 0.840. The summed E-state index contributed by atoms with van der Waals surface area (Å²) in [6.45, 7) is 0. The Labute approximate surface area is 140 Å². The van der Waals surface area contributed by atoms with E-state index >= 15 is 0 Å². The summed E-state index contributed by atoms with van der Waals surface area (Å²) in [6.07, 6.45) is 2.27. The van der Waals surface area contributed by atoms with E-state index in [9.17, 15) is 4.79 Å². The summed E-state index contributed by atoms with van der Waals surface area (Å²) in [7, 11) is 1.64. The third-order valence-corrected chi connectivity index (χ3v) is 4.17. The Morgan fingerprint density at radius 3 is 2.57 bits per heavy atom. The lowest BCUT2D eigenvalue weighted by atomic mass is 10.0. The number of amides is 2. The van der Waals surface area contributed by atoms with Gasteiger partial charge in [0.15, 0.2) is 0 Å². The van der Waals surface area contributed by atoms with Crippen molar-refractivity contribution in [2.24, 2.45) is 5.92 Å². The molecule has 5 heteroatoms. The maximum absolute atomic E-state index is 12.3. The van der Waals surface area contributed by atoms with Gasteiger partial charge in [-0.3, -0.25) is 0 Å². The first-order chi connectivity index (χ1) is 11.2. The number of ether oxygens (including phenoxy) is 1. The summed E-state index contributed by atoms with van der Waals surface area (Å²) in [5.41, 5.74) is 1.77. The molecule has 1 unspecified atom stereocenters. The van der Waals surface area contributed by atoms with Crippen LogP contribution in [0.15, 0.2) is 48.5 Å². The van der Waals surface area contributed by atoms with E-state index in [-0.39, 0.29) is 12.1 Å². The molecule has 1 aliphatic carbocycles. The van der Waals surface area contributed by atoms with Gasteiger partial charge in [0, 0.05) is 10.7 Å². The maximum Gasteiger partial charge on any atom is 0.319 e. The minimum atomic E-state index is -0.222. The Hall–Kier alpha value is -2.20. The van der Waals surface area contributed by atoms with Crippen molar-refractivity contribution in [2.75, 3.05) is 12.4 Å². The monoisotopic (exact) mass is 330 g/mol. The molecule has 0 bridgehead atoms. The lowest BCUT2D eigenvalue weighted by Gasteiger charge is -2.19. The minimum Gasteiger partial charge on any atom is -0.497 e. The number of anilines is 1. The summed E-state index contributed by atoms with van der Waals surface area (Å²) in [5, 5.41) is 6.49. The smallest absolute Gasteiger partial charge is 0.319 e. The van der Waals surface area contributed by atoms with Crippen molar-refractivity contribution in [1.29, 1.82) is 0 Å². The first-order valence-electron chi connectivity index (χ1n) is 7.63. The zero-order valence-corrected chi connectivity index (χ0v) is 13.6. The Balaban J connectivity index is 1.68. The van der Waals surface area contributed by atoms with Crippen molar-refractivity contribution >= 4 is 23.3 Å². The van der Waals surface area contributed by atoms with Gasteiger partial charge in [-0.05, 0) is 54.7 Å². The van der Waals surface area contributed by atoms with Crippen molar-refractivity contribution in [3.8, 4) is 5.75 Å². The summed E-state index contributed by atoms with van der Waals surface area (Å²) in [6, 6.07) is 14.7. The highest BCUT2D eigenvalue weighted by Crippen LogP contribution is 2.41. The van der Waals surface area contributed by atoms with Crippen LogP contribution in [-0.2, 0) is 0 Å². The zero-order chi connectivity index (χ0) is 16.2. The van der Waals surface area contributed by atoms with Gasteiger partial charge in [0.1, 0.15) is 5.75 Å². The highest BCUT2D eigenvalue weighted by Gasteiger charge is 2.33. The van der Waals surface area contributed by atoms with Crippen LogP contribution >= 0.6 is 11.6 Å². The van der Waals surface area contributed by atoms with Gasteiger partial charge in [-0.15, -0.1) is 0 Å². The second-order valence-corrected chi connectivity index (χ2v) is 6.13. The number of rotatable bonds is 5. The normalized spacial score (nSPS) is 14.9. The lowest BCUT2D eigenvalue weighted by molar-refractivity contribution is 0.247. The standard InChI is InChI=1S/C18H19ClN2O2/c1-23-16-9-7-13(8-10-16)17(12-5-6-12)21-18(22)20-15-4-2-3-14(19)11-15/h2-4,7-12,17H,5-6H2,1H3,(H2,20,21,22). The molecule has 1 aliphatic rings. The number of benzene rings is 2. The van der Waals surface area contributed by atoms with Gasteiger partial charge in [-0.2, -0.15) is 0 Å². The predicted octanol–water partition coefficient (Wildman–Crippen LogP) is 4.62. The van der Waals surface area contributed by atoms with Gasteiger partial charge >= 0.3 is 6.03 Å². The van der Waals surface area contributed by atoms with Crippen LogP contribution in [0, 0.1) is 5.92 Å². The highest BCUT2D eigenvalue weighted by molar-refractivity contribution is 6.30. The third kappa shape index (κ3) is 4.17. The van der Waals surface area contributed by atoms with Crippen molar-refractivity contribution in [2.45, 2.75) is 18.9 Å². The van der Waals surface area contributed by atoms with Crippen LogP contribution in [0.25, 0.3) is 0 Å². The fourth-order valence-electron chi connectivity index (χ4n) is 2.59. The molecule has 3 rings (SSSR count). The molecule has 1 atom stereocenters. The fourth-order valence-corrected chi connectivity index (χ4v) is 2.78. The molecule has 4 nitrogen and oxygen atoms in total. The Morgan fingerprint density at radius 2 is 1.96 bits per heavy atom. The van der Waals surface area contributed by atoms with Gasteiger partial charge in [-0.1, -0.05) is 29.8 Å². The van der Waals surface area contributed by atoms with Gasteiger partial charge in [0.25, 0.3) is 0 Å². The van der Waals surface area contributed by atoms with Crippen molar-refractivity contribution in [3.05, 3.63) is 59.1 Å². The number of hydrogen-bond donors (Lipinski definition) is 2. The average Bonchev–Trinajstić information content (AvgIpc) is 3.37. The Morgan fingerprint density at radius 1 is 1.22 bits per heavy atom. The molecule has 0 radical (unpaired) electrons. The number of urea groups is 1. The van der Waals surface area contributed by atoms with Crippen molar-refractivity contribution in [1.82, 2.24) is 5.32 Å². The van der Waals surface area contributed by atoms with Crippen molar-refractivity contribution < 1.29 is 9.53 Å². The van der Waals surface area contributed by atoms with Gasteiger partial charge in [0.2, 0.25) is 0 Å². The number of carbonyl (C=O) groups excluding carboxylic acids is 1. The van der Waals surface area contributed by atoms with Crippen LogP contribution in [0.3, 0.4) is 0 Å². The summed E-state index contributed by atoms with van der Waals surface area (Å²) >= 11 is 5.94. The summed E-state index contributed by atoms with van der Waals surface area (Å²) in [4.78, 5) is 12.3. The van der Waals surface area contributed by atoms with Crippen LogP contribution < -0.4 is 15.4 Å². The number of carbonyl (C=O) groups is 1. The molecule has 0 aromatic heterocycles. The van der Waals surface area contributed by atoms with E-state index in [0.29, 0.717) is 16.6 Å². The predicted molar refractivity (Wildman–Crippen MR) is 92.1 cm³/mol. The van der Waals surface area contributed by atoms with E-state index in [1.807, 2.05) is 30.3 Å². The van der Waals surface area contributed by atoms with Crippen LogP contribution in [0.5, 0.6) is 5.75 Å². The third-order valence-electron chi connectivity index (χ3n) is 3.94. The molecule has 120 valence electrons. The molecule has 1 saturated carbocycles. The highest BCUT2D eigenvalue weighted by atomic mass is 35.5. The molecule has 0 saturated heterocycles. The number of hydrogen-bond acceptors (Lipinski definition) is 2. The molecule has 2 aromatic rings. The van der Waals surface area contributed by atoms with Gasteiger partial charge in [0.05, 0.1) is 13.2 Å². The number of methoxy groups -OCH3 is 1. The van der Waals surface area contributed by atoms with Crippen LogP contribution in [0.2, 0.25) is 5.02 Å². The Kier molecular flexibility index (Phi) is 4.72. The molecule has 0 heterocycles. The second-order valence-electron chi connectivity index (χ2n) is 5.70. The van der Waals surface area contributed by atoms with Crippen molar-refractivity contribution in [3.63, 3.8) is 0 Å². The topological polar surface area (TPSA) is 50.4 Å². The summed E-state index contributed by atoms with van der Waals surface area (Å²) in [5.74, 6) is 1.31. The summed E-state index contributed by atoms with van der Waals surface area (Å²) < 4.78 is 5.18. The van der Waals surface area contributed by atoms with E-state index in [4.69, 9.17) is 16.3 Å². The lowest BCUT2D eigenvalue weighted by Crippen LogP contribution is -2.33.